The quantitative estimate of drug-likeness (QED) is 0.543. The van der Waals surface area contributed by atoms with Crippen LogP contribution in [0.25, 0.3) is 0 Å². The Kier molecular flexibility index (Phi) is 6.83. The minimum absolute atomic E-state index is 0.0104. The van der Waals surface area contributed by atoms with E-state index in [1.54, 1.807) is 12.1 Å². The highest BCUT2D eigenvalue weighted by atomic mass is 16.2. The molecule has 0 saturated heterocycles. The number of H-pyrrole nitrogens is 1. The predicted molar refractivity (Wildman–Crippen MR) is 128 cm³/mol. The number of rotatable bonds is 7. The standard InChI is InChI=1S/C25H27N5O3/c26-22-21(23(31)28-25(33)30(22)17-19-9-5-2-6-10-19)29(16-13-18-7-3-1-4-8-18)24(32)20-11-14-27-15-12-20/h2,5-7,9-12,14-15H,1,3-4,8,13,16-17,26H2,(H,28,31,33). The van der Waals surface area contributed by atoms with Crippen molar-refractivity contribution < 1.29 is 4.79 Å². The summed E-state index contributed by atoms with van der Waals surface area (Å²) in [4.78, 5) is 46.7. The van der Waals surface area contributed by atoms with E-state index >= 15 is 0 Å². The summed E-state index contributed by atoms with van der Waals surface area (Å²) >= 11 is 0. The molecule has 3 N–H and O–H groups in total. The Balaban J connectivity index is 1.75. The van der Waals surface area contributed by atoms with Gasteiger partial charge in [-0.25, -0.2) is 4.79 Å². The Hall–Kier alpha value is -3.94. The summed E-state index contributed by atoms with van der Waals surface area (Å²) in [6, 6.07) is 12.5. The number of amides is 1. The SMILES string of the molecule is Nc1c(N(CCC2=CCCCC2)C(=O)c2ccncc2)c(=O)[nH]c(=O)n1Cc1ccccc1. The molecule has 8 nitrogen and oxygen atoms in total. The highest BCUT2D eigenvalue weighted by Gasteiger charge is 2.25. The molecule has 1 aliphatic carbocycles. The number of nitrogens with zero attached hydrogens (tertiary/aromatic N) is 3. The number of nitrogens with two attached hydrogens (primary N) is 1. The number of pyridine rings is 1. The third kappa shape index (κ3) is 5.11. The largest absolute Gasteiger partial charge is 0.383 e. The molecule has 170 valence electrons. The molecule has 2 aromatic heterocycles. The number of hydrogen-bond acceptors (Lipinski definition) is 5. The first-order valence-electron chi connectivity index (χ1n) is 11.1. The zero-order valence-electron chi connectivity index (χ0n) is 18.4. The van der Waals surface area contributed by atoms with Gasteiger partial charge < -0.3 is 10.6 Å². The predicted octanol–water partition coefficient (Wildman–Crippen LogP) is 3.10. The van der Waals surface area contributed by atoms with Crippen molar-refractivity contribution in [1.82, 2.24) is 14.5 Å². The van der Waals surface area contributed by atoms with Crippen LogP contribution in [-0.4, -0.2) is 27.0 Å². The smallest absolute Gasteiger partial charge is 0.330 e. The lowest BCUT2D eigenvalue weighted by Gasteiger charge is -2.25. The maximum absolute atomic E-state index is 13.5. The van der Waals surface area contributed by atoms with E-state index in [9.17, 15) is 14.4 Å². The van der Waals surface area contributed by atoms with Gasteiger partial charge in [0.1, 0.15) is 5.82 Å². The lowest BCUT2D eigenvalue weighted by atomic mass is 9.97. The summed E-state index contributed by atoms with van der Waals surface area (Å²) in [5.41, 5.74) is 7.58. The van der Waals surface area contributed by atoms with Crippen molar-refractivity contribution in [3.63, 3.8) is 0 Å². The second kappa shape index (κ2) is 10.1. The molecule has 0 saturated carbocycles. The summed E-state index contributed by atoms with van der Waals surface area (Å²) in [5.74, 6) is -0.399. The zero-order valence-corrected chi connectivity index (χ0v) is 18.4. The van der Waals surface area contributed by atoms with Crippen LogP contribution in [0.2, 0.25) is 0 Å². The number of anilines is 2. The van der Waals surface area contributed by atoms with Crippen LogP contribution in [-0.2, 0) is 6.54 Å². The average molecular weight is 446 g/mol. The van der Waals surface area contributed by atoms with Crippen LogP contribution in [0.3, 0.4) is 0 Å². The Morgan fingerprint density at radius 2 is 1.85 bits per heavy atom. The summed E-state index contributed by atoms with van der Waals surface area (Å²) in [7, 11) is 0. The molecule has 1 aliphatic rings. The van der Waals surface area contributed by atoms with E-state index in [2.05, 4.69) is 16.0 Å². The molecule has 1 aromatic carbocycles. The van der Waals surface area contributed by atoms with Gasteiger partial charge in [0.15, 0.2) is 5.69 Å². The summed E-state index contributed by atoms with van der Waals surface area (Å²) < 4.78 is 1.29. The molecule has 0 spiro atoms. The highest BCUT2D eigenvalue weighted by Crippen LogP contribution is 2.24. The van der Waals surface area contributed by atoms with E-state index in [1.807, 2.05) is 30.3 Å². The van der Waals surface area contributed by atoms with Gasteiger partial charge >= 0.3 is 5.69 Å². The van der Waals surface area contributed by atoms with Crippen LogP contribution in [0.15, 0.2) is 76.1 Å². The summed E-state index contributed by atoms with van der Waals surface area (Å²) in [6.07, 6.45) is 10.2. The van der Waals surface area contributed by atoms with E-state index in [0.29, 0.717) is 12.0 Å². The molecule has 0 unspecified atom stereocenters. The van der Waals surface area contributed by atoms with Gasteiger partial charge in [0.2, 0.25) is 0 Å². The monoisotopic (exact) mass is 445 g/mol. The molecule has 8 heteroatoms. The van der Waals surface area contributed by atoms with Crippen LogP contribution in [0.5, 0.6) is 0 Å². The lowest BCUT2D eigenvalue weighted by molar-refractivity contribution is 0.0986. The van der Waals surface area contributed by atoms with Gasteiger partial charge in [-0.3, -0.25) is 24.1 Å². The number of nitrogen functional groups attached to an aromatic ring is 1. The fourth-order valence-electron chi connectivity index (χ4n) is 4.11. The van der Waals surface area contributed by atoms with Crippen molar-refractivity contribution in [2.24, 2.45) is 0 Å². The van der Waals surface area contributed by atoms with E-state index in [4.69, 9.17) is 5.73 Å². The first-order valence-corrected chi connectivity index (χ1v) is 11.1. The van der Waals surface area contributed by atoms with E-state index < -0.39 is 11.2 Å². The molecule has 0 fully saturated rings. The second-order valence-electron chi connectivity index (χ2n) is 8.12. The van der Waals surface area contributed by atoms with E-state index in [0.717, 1.165) is 24.8 Å². The molecular weight excluding hydrogens is 418 g/mol. The van der Waals surface area contributed by atoms with Crippen molar-refractivity contribution in [2.75, 3.05) is 17.2 Å². The van der Waals surface area contributed by atoms with Crippen molar-refractivity contribution in [3.05, 3.63) is 98.5 Å². The number of hydrogen-bond donors (Lipinski definition) is 2. The highest BCUT2D eigenvalue weighted by molar-refractivity contribution is 6.07. The fourth-order valence-corrected chi connectivity index (χ4v) is 4.11. The van der Waals surface area contributed by atoms with Gasteiger partial charge in [0, 0.05) is 24.5 Å². The molecule has 0 bridgehead atoms. The van der Waals surface area contributed by atoms with Gasteiger partial charge in [-0.1, -0.05) is 42.0 Å². The maximum Gasteiger partial charge on any atom is 0.330 e. The van der Waals surface area contributed by atoms with Gasteiger partial charge in [-0.15, -0.1) is 0 Å². The van der Waals surface area contributed by atoms with Crippen molar-refractivity contribution in [1.29, 1.82) is 0 Å². The molecule has 2 heterocycles. The first kappa shape index (κ1) is 22.3. The normalized spacial score (nSPS) is 13.4. The van der Waals surface area contributed by atoms with Crippen LogP contribution < -0.4 is 21.9 Å². The molecule has 3 aromatic rings. The first-order chi connectivity index (χ1) is 16.0. The van der Waals surface area contributed by atoms with Gasteiger partial charge in [-0.05, 0) is 49.8 Å². The number of carbonyl (C=O) groups is 1. The Morgan fingerprint density at radius 3 is 2.55 bits per heavy atom. The molecule has 0 aliphatic heterocycles. The van der Waals surface area contributed by atoms with Crippen LogP contribution in [0.1, 0.15) is 48.0 Å². The minimum atomic E-state index is -0.679. The van der Waals surface area contributed by atoms with Crippen molar-refractivity contribution in [3.8, 4) is 0 Å². The van der Waals surface area contributed by atoms with Gasteiger partial charge in [-0.2, -0.15) is 0 Å². The minimum Gasteiger partial charge on any atom is -0.383 e. The molecule has 0 radical (unpaired) electrons. The summed E-state index contributed by atoms with van der Waals surface area (Å²) in [5, 5.41) is 0. The number of nitrogens with one attached hydrogen (secondary N) is 1. The Bertz CT molecular complexity index is 1260. The van der Waals surface area contributed by atoms with Crippen LogP contribution in [0.4, 0.5) is 11.5 Å². The number of aromatic nitrogens is 3. The molecule has 4 rings (SSSR count). The van der Waals surface area contributed by atoms with Crippen LogP contribution in [0, 0.1) is 0 Å². The molecular formula is C25H27N5O3. The Labute approximate surface area is 191 Å². The second-order valence-corrected chi connectivity index (χ2v) is 8.12. The topological polar surface area (TPSA) is 114 Å². The van der Waals surface area contributed by atoms with Crippen molar-refractivity contribution in [2.45, 2.75) is 38.6 Å². The Morgan fingerprint density at radius 1 is 1.09 bits per heavy atom. The van der Waals surface area contributed by atoms with Gasteiger partial charge in [0.05, 0.1) is 6.54 Å². The van der Waals surface area contributed by atoms with E-state index in [-0.39, 0.29) is 30.5 Å². The number of aromatic amines is 1. The van der Waals surface area contributed by atoms with E-state index in [1.165, 1.54) is 33.9 Å². The third-order valence-corrected chi connectivity index (χ3v) is 5.88. The summed E-state index contributed by atoms with van der Waals surface area (Å²) in [6.45, 7) is 0.460. The molecule has 0 atom stereocenters. The van der Waals surface area contributed by atoms with Crippen LogP contribution >= 0.6 is 0 Å². The zero-order chi connectivity index (χ0) is 23.2. The van der Waals surface area contributed by atoms with Crippen molar-refractivity contribution >= 4 is 17.4 Å². The number of carbonyl (C=O) groups excluding carboxylic acids is 1. The number of allylic oxidation sites excluding steroid dienone is 1. The maximum atomic E-state index is 13.5. The third-order valence-electron chi connectivity index (χ3n) is 5.88. The average Bonchev–Trinajstić information content (AvgIpc) is 2.85. The molecule has 33 heavy (non-hydrogen) atoms. The van der Waals surface area contributed by atoms with Gasteiger partial charge in [0.25, 0.3) is 11.5 Å². The number of benzene rings is 1. The molecule has 1 amide bonds. The fraction of sp³-hybridized carbons (Fsp3) is 0.280. The lowest BCUT2D eigenvalue weighted by Crippen LogP contribution is -2.42.